The van der Waals surface area contributed by atoms with E-state index in [0.29, 0.717) is 29.1 Å². The Morgan fingerprint density at radius 3 is 2.84 bits per heavy atom. The maximum atomic E-state index is 10.8. The summed E-state index contributed by atoms with van der Waals surface area (Å²) >= 11 is 5.73. The minimum absolute atomic E-state index is 0.0421. The van der Waals surface area contributed by atoms with Crippen molar-refractivity contribution in [3.8, 4) is 0 Å². The Labute approximate surface area is 113 Å². The largest absolute Gasteiger partial charge is 0.334 e. The molecule has 1 aromatic carbocycles. The van der Waals surface area contributed by atoms with Crippen molar-refractivity contribution in [1.29, 1.82) is 0 Å². The minimum Gasteiger partial charge on any atom is -0.334 e. The fourth-order valence-corrected chi connectivity index (χ4v) is 1.69. The normalized spacial score (nSPS) is 14.3. The fourth-order valence-electron chi connectivity index (χ4n) is 1.50. The van der Waals surface area contributed by atoms with Gasteiger partial charge in [-0.1, -0.05) is 11.6 Å². The quantitative estimate of drug-likeness (QED) is 0.497. The van der Waals surface area contributed by atoms with E-state index in [1.54, 1.807) is 13.0 Å². The molecule has 98 valence electrons. The van der Waals surface area contributed by atoms with Crippen LogP contribution in [0.15, 0.2) is 34.7 Å². The second kappa shape index (κ2) is 5.07. The van der Waals surface area contributed by atoms with Gasteiger partial charge in [0.2, 0.25) is 0 Å². The van der Waals surface area contributed by atoms with E-state index >= 15 is 0 Å². The molecule has 0 fully saturated rings. The molecular weight excluding hydrogens is 272 g/mol. The summed E-state index contributed by atoms with van der Waals surface area (Å²) in [7, 11) is 0. The number of amidine groups is 1. The molecule has 0 spiro atoms. The molecular formula is C11H9ClN4O3. The SMILES string of the molecule is CC1=C(C=O)NC(c2ccc(Cl)c([N+](=O)[O-])c2)=NN1. The van der Waals surface area contributed by atoms with Gasteiger partial charge in [0, 0.05) is 11.6 Å². The van der Waals surface area contributed by atoms with Gasteiger partial charge < -0.3 is 5.32 Å². The highest BCUT2D eigenvalue weighted by molar-refractivity contribution is 6.32. The zero-order valence-electron chi connectivity index (χ0n) is 9.81. The molecule has 1 aromatic rings. The van der Waals surface area contributed by atoms with Crippen LogP contribution >= 0.6 is 11.6 Å². The zero-order chi connectivity index (χ0) is 14.0. The van der Waals surface area contributed by atoms with Crippen LogP contribution in [0.2, 0.25) is 5.02 Å². The van der Waals surface area contributed by atoms with Gasteiger partial charge in [0.05, 0.1) is 10.6 Å². The molecule has 0 aromatic heterocycles. The Morgan fingerprint density at radius 1 is 1.47 bits per heavy atom. The fraction of sp³-hybridized carbons (Fsp3) is 0.0909. The number of halogens is 1. The summed E-state index contributed by atoms with van der Waals surface area (Å²) < 4.78 is 0. The number of nitrogens with zero attached hydrogens (tertiary/aromatic N) is 2. The molecule has 0 saturated carbocycles. The molecule has 2 rings (SSSR count). The summed E-state index contributed by atoms with van der Waals surface area (Å²) in [5, 5.41) is 17.6. The molecule has 7 nitrogen and oxygen atoms in total. The van der Waals surface area contributed by atoms with Gasteiger partial charge in [-0.15, -0.1) is 0 Å². The van der Waals surface area contributed by atoms with Gasteiger partial charge >= 0.3 is 0 Å². The van der Waals surface area contributed by atoms with Crippen molar-refractivity contribution in [2.75, 3.05) is 0 Å². The molecule has 0 atom stereocenters. The third kappa shape index (κ3) is 2.55. The smallest absolute Gasteiger partial charge is 0.288 e. The van der Waals surface area contributed by atoms with E-state index in [2.05, 4.69) is 15.8 Å². The van der Waals surface area contributed by atoms with Gasteiger partial charge in [-0.05, 0) is 19.1 Å². The first-order chi connectivity index (χ1) is 9.02. The first kappa shape index (κ1) is 13.0. The lowest BCUT2D eigenvalue weighted by Crippen LogP contribution is -2.33. The Hall–Kier alpha value is -2.41. The van der Waals surface area contributed by atoms with E-state index in [4.69, 9.17) is 11.6 Å². The van der Waals surface area contributed by atoms with Crippen molar-refractivity contribution < 1.29 is 9.72 Å². The van der Waals surface area contributed by atoms with Crippen LogP contribution in [0.3, 0.4) is 0 Å². The third-order valence-electron chi connectivity index (χ3n) is 2.53. The number of nitro benzene ring substituents is 1. The molecule has 0 radical (unpaired) electrons. The van der Waals surface area contributed by atoms with Crippen molar-refractivity contribution >= 4 is 29.4 Å². The molecule has 0 unspecified atom stereocenters. The van der Waals surface area contributed by atoms with Gasteiger partial charge in [-0.2, -0.15) is 5.10 Å². The maximum Gasteiger partial charge on any atom is 0.288 e. The highest BCUT2D eigenvalue weighted by Crippen LogP contribution is 2.25. The topological polar surface area (TPSA) is 96.6 Å². The van der Waals surface area contributed by atoms with Crippen LogP contribution in [0.1, 0.15) is 12.5 Å². The highest BCUT2D eigenvalue weighted by Gasteiger charge is 2.18. The van der Waals surface area contributed by atoms with Gasteiger partial charge in [0.25, 0.3) is 5.69 Å². The number of allylic oxidation sites excluding steroid dienone is 2. The molecule has 1 heterocycles. The van der Waals surface area contributed by atoms with Crippen molar-refractivity contribution in [2.45, 2.75) is 6.92 Å². The summed E-state index contributed by atoms with van der Waals surface area (Å²) in [4.78, 5) is 21.1. The first-order valence-electron chi connectivity index (χ1n) is 5.24. The number of aldehydes is 1. The Balaban J connectivity index is 2.37. The number of hydrazone groups is 1. The summed E-state index contributed by atoms with van der Waals surface area (Å²) in [5.41, 5.74) is 3.79. The van der Waals surface area contributed by atoms with Gasteiger partial charge in [0.1, 0.15) is 10.7 Å². The number of hydrogen-bond acceptors (Lipinski definition) is 6. The second-order valence-electron chi connectivity index (χ2n) is 3.78. The minimum atomic E-state index is -0.579. The average Bonchev–Trinajstić information content (AvgIpc) is 2.39. The zero-order valence-corrected chi connectivity index (χ0v) is 10.6. The Kier molecular flexibility index (Phi) is 3.48. The van der Waals surface area contributed by atoms with Crippen LogP contribution in [0.4, 0.5) is 5.69 Å². The summed E-state index contributed by atoms with van der Waals surface area (Å²) in [6.07, 6.45) is 0.640. The lowest BCUT2D eigenvalue weighted by molar-refractivity contribution is -0.384. The van der Waals surface area contributed by atoms with Crippen molar-refractivity contribution in [2.24, 2.45) is 5.10 Å². The number of carbonyl (C=O) groups excluding carboxylic acids is 1. The Bertz CT molecular complexity index is 624. The second-order valence-corrected chi connectivity index (χ2v) is 4.18. The molecule has 0 saturated heterocycles. The molecule has 1 aliphatic rings. The van der Waals surface area contributed by atoms with Crippen molar-refractivity contribution in [1.82, 2.24) is 10.7 Å². The lowest BCUT2D eigenvalue weighted by Gasteiger charge is -2.17. The van der Waals surface area contributed by atoms with Crippen LogP contribution in [0, 0.1) is 10.1 Å². The monoisotopic (exact) mass is 280 g/mol. The van der Waals surface area contributed by atoms with E-state index in [9.17, 15) is 14.9 Å². The number of benzene rings is 1. The van der Waals surface area contributed by atoms with E-state index in [0.717, 1.165) is 0 Å². The molecule has 8 heteroatoms. The molecule has 1 aliphatic heterocycles. The Morgan fingerprint density at radius 2 is 2.21 bits per heavy atom. The van der Waals surface area contributed by atoms with Crippen LogP contribution in [0.5, 0.6) is 0 Å². The summed E-state index contributed by atoms with van der Waals surface area (Å²) in [6, 6.07) is 4.27. The lowest BCUT2D eigenvalue weighted by atomic mass is 10.1. The molecule has 0 bridgehead atoms. The predicted molar refractivity (Wildman–Crippen MR) is 69.7 cm³/mol. The van der Waals surface area contributed by atoms with Gasteiger partial charge in [-0.25, -0.2) is 0 Å². The molecule has 0 amide bonds. The van der Waals surface area contributed by atoms with Crippen molar-refractivity contribution in [3.63, 3.8) is 0 Å². The predicted octanol–water partition coefficient (Wildman–Crippen LogP) is 1.53. The van der Waals surface area contributed by atoms with Crippen molar-refractivity contribution in [3.05, 3.63) is 50.3 Å². The number of hydrogen-bond donors (Lipinski definition) is 2. The van der Waals surface area contributed by atoms with Gasteiger partial charge in [-0.3, -0.25) is 20.3 Å². The van der Waals surface area contributed by atoms with Gasteiger partial charge in [0.15, 0.2) is 12.1 Å². The van der Waals surface area contributed by atoms with Crippen LogP contribution in [-0.2, 0) is 4.79 Å². The summed E-state index contributed by atoms with van der Waals surface area (Å²) in [6.45, 7) is 1.68. The van der Waals surface area contributed by atoms with Crippen LogP contribution < -0.4 is 10.7 Å². The average molecular weight is 281 g/mol. The number of nitrogens with one attached hydrogen (secondary N) is 2. The highest BCUT2D eigenvalue weighted by atomic mass is 35.5. The molecule has 0 aliphatic carbocycles. The number of carbonyl (C=O) groups is 1. The number of nitro groups is 1. The van der Waals surface area contributed by atoms with E-state index in [1.165, 1.54) is 12.1 Å². The maximum absolute atomic E-state index is 10.8. The summed E-state index contributed by atoms with van der Waals surface area (Å²) in [5.74, 6) is 0.312. The molecule has 2 N–H and O–H groups in total. The van der Waals surface area contributed by atoms with E-state index in [1.807, 2.05) is 0 Å². The number of rotatable bonds is 3. The van der Waals surface area contributed by atoms with E-state index < -0.39 is 4.92 Å². The van der Waals surface area contributed by atoms with E-state index in [-0.39, 0.29) is 10.7 Å². The third-order valence-corrected chi connectivity index (χ3v) is 2.85. The van der Waals surface area contributed by atoms with Crippen LogP contribution in [-0.4, -0.2) is 17.0 Å². The molecule has 19 heavy (non-hydrogen) atoms. The first-order valence-corrected chi connectivity index (χ1v) is 5.62. The standard InChI is InChI=1S/C11H9ClN4O3/c1-6-9(5-17)13-11(15-14-6)7-2-3-8(12)10(4-7)16(18)19/h2-5,14H,1H3,(H,13,15). The van der Waals surface area contributed by atoms with Crippen LogP contribution in [0.25, 0.3) is 0 Å².